The van der Waals surface area contributed by atoms with Gasteiger partial charge in [0.25, 0.3) is 0 Å². The molecule has 1 aliphatic heterocycles. The molecule has 8 heteroatoms. The third-order valence-electron chi connectivity index (χ3n) is 6.84. The number of amides is 2. The summed E-state index contributed by atoms with van der Waals surface area (Å²) in [6.07, 6.45) is -0.616. The van der Waals surface area contributed by atoms with Crippen LogP contribution in [0.1, 0.15) is 43.7 Å². The number of aliphatic carboxylic acids is 1. The lowest BCUT2D eigenvalue weighted by molar-refractivity contribution is -0.157. The highest BCUT2D eigenvalue weighted by molar-refractivity contribution is 5.83. The van der Waals surface area contributed by atoms with Crippen LogP contribution in [0, 0.1) is 5.92 Å². The van der Waals surface area contributed by atoms with Crippen molar-refractivity contribution in [1.29, 1.82) is 0 Å². The van der Waals surface area contributed by atoms with E-state index in [1.165, 1.54) is 4.90 Å². The van der Waals surface area contributed by atoms with Gasteiger partial charge in [0.15, 0.2) is 5.60 Å². The average molecular weight is 467 g/mol. The number of alkyl carbamates (subject to hydrolysis) is 1. The van der Waals surface area contributed by atoms with Crippen LogP contribution in [0.5, 0.6) is 0 Å². The van der Waals surface area contributed by atoms with E-state index in [0.717, 1.165) is 22.3 Å². The van der Waals surface area contributed by atoms with Crippen LogP contribution < -0.4 is 5.32 Å². The summed E-state index contributed by atoms with van der Waals surface area (Å²) < 4.78 is 5.60. The second-order valence-electron chi connectivity index (χ2n) is 9.43. The van der Waals surface area contributed by atoms with Gasteiger partial charge in [-0.1, -0.05) is 62.4 Å². The highest BCUT2D eigenvalue weighted by Gasteiger charge is 2.44. The fourth-order valence-electron chi connectivity index (χ4n) is 4.74. The number of carboxylic acid groups (broad SMARTS) is 1. The predicted octanol–water partition coefficient (Wildman–Crippen LogP) is 2.99. The number of carbonyl (C=O) groups excluding carboxylic acids is 2. The molecule has 0 bridgehead atoms. The summed E-state index contributed by atoms with van der Waals surface area (Å²) in [7, 11) is 0. The van der Waals surface area contributed by atoms with Crippen molar-refractivity contribution in [3.05, 3.63) is 59.7 Å². The fraction of sp³-hybridized carbons (Fsp3) is 0.423. The molecule has 1 heterocycles. The van der Waals surface area contributed by atoms with Crippen LogP contribution >= 0.6 is 0 Å². The number of hydrogen-bond acceptors (Lipinski definition) is 5. The van der Waals surface area contributed by atoms with Crippen molar-refractivity contribution in [2.75, 3.05) is 19.7 Å². The monoisotopic (exact) mass is 466 g/mol. The van der Waals surface area contributed by atoms with Crippen molar-refractivity contribution in [3.63, 3.8) is 0 Å². The number of carbonyl (C=O) groups is 3. The van der Waals surface area contributed by atoms with E-state index in [0.29, 0.717) is 0 Å². The molecule has 0 spiro atoms. The number of benzene rings is 2. The summed E-state index contributed by atoms with van der Waals surface area (Å²) in [6.45, 7) is 3.86. The highest BCUT2D eigenvalue weighted by atomic mass is 16.5. The van der Waals surface area contributed by atoms with Crippen molar-refractivity contribution >= 4 is 18.0 Å². The summed E-state index contributed by atoms with van der Waals surface area (Å²) in [5, 5.41) is 22.1. The van der Waals surface area contributed by atoms with Crippen LogP contribution in [0.25, 0.3) is 11.1 Å². The lowest BCUT2D eigenvalue weighted by Gasteiger charge is -2.25. The van der Waals surface area contributed by atoms with E-state index in [-0.39, 0.29) is 50.3 Å². The van der Waals surface area contributed by atoms with Gasteiger partial charge in [-0.05, 0) is 28.2 Å². The van der Waals surface area contributed by atoms with Crippen LogP contribution in [-0.4, -0.2) is 64.4 Å². The number of nitrogens with zero attached hydrogens (tertiary/aromatic N) is 1. The molecule has 0 saturated carbocycles. The van der Waals surface area contributed by atoms with Crippen LogP contribution in [-0.2, 0) is 14.3 Å². The molecule has 0 radical (unpaired) electrons. The molecule has 34 heavy (non-hydrogen) atoms. The standard InChI is InChI=1S/C26H30N2O6/c1-16(2)22(13-23(29)28-12-11-26(33,15-28)24(30)31)27-25(32)34-14-21-19-9-5-3-7-17(19)18-8-4-6-10-20(18)21/h3-10,16,21-22,33H,11-15H2,1-2H3,(H,27,32)(H,30,31)/t22-,26?/m1/s1. The Morgan fingerprint density at radius 1 is 1.09 bits per heavy atom. The maximum absolute atomic E-state index is 12.7. The van der Waals surface area contributed by atoms with E-state index in [2.05, 4.69) is 17.4 Å². The molecule has 2 aromatic carbocycles. The second kappa shape index (κ2) is 9.46. The van der Waals surface area contributed by atoms with Gasteiger partial charge in [0.1, 0.15) is 6.61 Å². The van der Waals surface area contributed by atoms with Gasteiger partial charge < -0.3 is 25.2 Å². The third-order valence-corrected chi connectivity index (χ3v) is 6.84. The number of ether oxygens (including phenoxy) is 1. The Hall–Kier alpha value is -3.39. The summed E-state index contributed by atoms with van der Waals surface area (Å²) in [4.78, 5) is 38.0. The molecule has 0 aromatic heterocycles. The molecule has 1 saturated heterocycles. The number of fused-ring (bicyclic) bond motifs is 3. The zero-order valence-corrected chi connectivity index (χ0v) is 19.4. The molecule has 1 aliphatic carbocycles. The normalized spacial score (nSPS) is 20.1. The Morgan fingerprint density at radius 3 is 2.21 bits per heavy atom. The van der Waals surface area contributed by atoms with Gasteiger partial charge in [-0.15, -0.1) is 0 Å². The van der Waals surface area contributed by atoms with E-state index in [1.54, 1.807) is 0 Å². The topological polar surface area (TPSA) is 116 Å². The number of nitrogens with one attached hydrogen (secondary N) is 1. The molecule has 2 amide bonds. The van der Waals surface area contributed by atoms with Crippen molar-refractivity contribution in [3.8, 4) is 11.1 Å². The molecular weight excluding hydrogens is 436 g/mol. The smallest absolute Gasteiger partial charge is 0.407 e. The minimum absolute atomic E-state index is 0.00242. The van der Waals surface area contributed by atoms with E-state index in [1.807, 2.05) is 50.2 Å². The molecule has 3 N–H and O–H groups in total. The minimum atomic E-state index is -1.91. The van der Waals surface area contributed by atoms with E-state index in [4.69, 9.17) is 4.74 Å². The predicted molar refractivity (Wildman–Crippen MR) is 125 cm³/mol. The Morgan fingerprint density at radius 2 is 1.68 bits per heavy atom. The molecule has 4 rings (SSSR count). The molecular formula is C26H30N2O6. The largest absolute Gasteiger partial charge is 0.479 e. The quantitative estimate of drug-likeness (QED) is 0.578. The fourth-order valence-corrected chi connectivity index (χ4v) is 4.74. The summed E-state index contributed by atoms with van der Waals surface area (Å²) in [5.41, 5.74) is 2.61. The first kappa shape index (κ1) is 23.8. The Labute approximate surface area is 198 Å². The van der Waals surface area contributed by atoms with Crippen LogP contribution in [0.3, 0.4) is 0 Å². The van der Waals surface area contributed by atoms with Gasteiger partial charge in [0.2, 0.25) is 5.91 Å². The molecule has 8 nitrogen and oxygen atoms in total. The van der Waals surface area contributed by atoms with E-state index < -0.39 is 23.7 Å². The van der Waals surface area contributed by atoms with Gasteiger partial charge in [0, 0.05) is 31.3 Å². The maximum Gasteiger partial charge on any atom is 0.407 e. The van der Waals surface area contributed by atoms with Gasteiger partial charge in [-0.3, -0.25) is 4.79 Å². The van der Waals surface area contributed by atoms with Gasteiger partial charge in [0.05, 0.1) is 6.54 Å². The van der Waals surface area contributed by atoms with E-state index >= 15 is 0 Å². The van der Waals surface area contributed by atoms with E-state index in [9.17, 15) is 24.6 Å². The minimum Gasteiger partial charge on any atom is -0.479 e. The van der Waals surface area contributed by atoms with Gasteiger partial charge >= 0.3 is 12.1 Å². The lowest BCUT2D eigenvalue weighted by atomic mass is 9.98. The molecule has 2 aromatic rings. The second-order valence-corrected chi connectivity index (χ2v) is 9.43. The Kier molecular flexibility index (Phi) is 6.61. The number of β-amino-alcohol motifs (C(OH)–C–C–N with tert-alkyl or cyclic N) is 1. The van der Waals surface area contributed by atoms with Crippen LogP contribution in [0.4, 0.5) is 4.79 Å². The lowest BCUT2D eigenvalue weighted by Crippen LogP contribution is -2.45. The third kappa shape index (κ3) is 4.63. The zero-order chi connectivity index (χ0) is 24.5. The van der Waals surface area contributed by atoms with Crippen molar-refractivity contribution in [2.24, 2.45) is 5.92 Å². The molecule has 180 valence electrons. The van der Waals surface area contributed by atoms with Crippen molar-refractivity contribution in [1.82, 2.24) is 10.2 Å². The zero-order valence-electron chi connectivity index (χ0n) is 19.4. The first-order chi connectivity index (χ1) is 16.2. The SMILES string of the molecule is CC(C)[C@@H](CC(=O)N1CCC(O)(C(=O)O)C1)NC(=O)OCC1c2ccccc2-c2ccccc21. The summed E-state index contributed by atoms with van der Waals surface area (Å²) >= 11 is 0. The Balaban J connectivity index is 1.36. The molecule has 2 aliphatic rings. The number of carboxylic acids is 1. The van der Waals surface area contributed by atoms with Gasteiger partial charge in [-0.2, -0.15) is 0 Å². The molecule has 1 fully saturated rings. The molecule has 2 atom stereocenters. The average Bonchev–Trinajstić information content (AvgIpc) is 3.37. The summed E-state index contributed by atoms with van der Waals surface area (Å²) in [5.74, 6) is -1.75. The molecule has 1 unspecified atom stereocenters. The highest BCUT2D eigenvalue weighted by Crippen LogP contribution is 2.44. The van der Waals surface area contributed by atoms with Crippen molar-refractivity contribution in [2.45, 2.75) is 44.2 Å². The first-order valence-corrected chi connectivity index (χ1v) is 11.5. The maximum atomic E-state index is 12.7. The Bertz CT molecular complexity index is 1050. The van der Waals surface area contributed by atoms with Gasteiger partial charge in [-0.25, -0.2) is 9.59 Å². The van der Waals surface area contributed by atoms with Crippen LogP contribution in [0.2, 0.25) is 0 Å². The van der Waals surface area contributed by atoms with Crippen LogP contribution in [0.15, 0.2) is 48.5 Å². The van der Waals surface area contributed by atoms with Crippen molar-refractivity contribution < 1.29 is 29.3 Å². The number of rotatable bonds is 7. The number of likely N-dealkylation sites (tertiary alicyclic amines) is 1. The first-order valence-electron chi connectivity index (χ1n) is 11.5. The number of aliphatic hydroxyl groups is 1. The number of hydrogen-bond donors (Lipinski definition) is 3. The summed E-state index contributed by atoms with van der Waals surface area (Å²) in [6, 6.07) is 15.7.